The lowest BCUT2D eigenvalue weighted by Gasteiger charge is -2.30. The molecule has 0 atom stereocenters. The molecule has 23 heavy (non-hydrogen) atoms. The highest BCUT2D eigenvalue weighted by molar-refractivity contribution is 6.05. The predicted molar refractivity (Wildman–Crippen MR) is 86.4 cm³/mol. The topological polar surface area (TPSA) is 93.5 Å². The minimum absolute atomic E-state index is 0.0862. The summed E-state index contributed by atoms with van der Waals surface area (Å²) >= 11 is 0. The van der Waals surface area contributed by atoms with E-state index in [9.17, 15) is 4.79 Å². The number of hydrazine groups is 1. The molecule has 124 valence electrons. The maximum absolute atomic E-state index is 12.7. The van der Waals surface area contributed by atoms with E-state index in [-0.39, 0.29) is 11.9 Å². The third kappa shape index (κ3) is 2.84. The number of hydrogen-bond acceptors (Lipinski definition) is 5. The molecule has 1 amide bonds. The average Bonchev–Trinajstić information content (AvgIpc) is 3.02. The summed E-state index contributed by atoms with van der Waals surface area (Å²) in [6, 6.07) is 3.60. The maximum atomic E-state index is 12.7. The van der Waals surface area contributed by atoms with E-state index in [1.54, 1.807) is 26.4 Å². The van der Waals surface area contributed by atoms with Gasteiger partial charge in [0.05, 0.1) is 19.7 Å². The normalized spacial score (nSPS) is 15.6. The number of aromatic amines is 1. The summed E-state index contributed by atoms with van der Waals surface area (Å²) < 4.78 is 10.6. The number of methoxy groups -OCH3 is 2. The lowest BCUT2D eigenvalue weighted by molar-refractivity contribution is 0.0629. The fraction of sp³-hybridized carbons (Fsp3) is 0.500. The zero-order chi connectivity index (χ0) is 16.4. The number of H-pyrrole nitrogens is 1. The number of carbonyl (C=O) groups is 1. The van der Waals surface area contributed by atoms with Crippen molar-refractivity contribution in [2.45, 2.75) is 38.1 Å². The van der Waals surface area contributed by atoms with Crippen molar-refractivity contribution in [3.05, 3.63) is 17.8 Å². The number of rotatable bonds is 4. The van der Waals surface area contributed by atoms with Crippen LogP contribution in [0.15, 0.2) is 12.1 Å². The van der Waals surface area contributed by atoms with Gasteiger partial charge in [-0.3, -0.25) is 14.9 Å². The fourth-order valence-corrected chi connectivity index (χ4v) is 3.15. The van der Waals surface area contributed by atoms with Gasteiger partial charge in [-0.1, -0.05) is 19.3 Å². The summed E-state index contributed by atoms with van der Waals surface area (Å²) in [7, 11) is 3.12. The van der Waals surface area contributed by atoms with Crippen LogP contribution < -0.4 is 15.3 Å². The molecular weight excluding hydrogens is 296 g/mol. The Balaban J connectivity index is 1.94. The highest BCUT2D eigenvalue weighted by Gasteiger charge is 2.27. The molecule has 2 aromatic rings. The Bertz CT molecular complexity index is 707. The summed E-state index contributed by atoms with van der Waals surface area (Å²) in [5, 5.41) is 9.04. The number of fused-ring (bicyclic) bond motifs is 1. The van der Waals surface area contributed by atoms with Crippen molar-refractivity contribution in [2.24, 2.45) is 5.84 Å². The third-order valence-corrected chi connectivity index (χ3v) is 4.47. The number of nitrogens with two attached hydrogens (primary N) is 1. The van der Waals surface area contributed by atoms with Crippen LogP contribution in [0.2, 0.25) is 0 Å². The van der Waals surface area contributed by atoms with Crippen LogP contribution in [0.4, 0.5) is 0 Å². The molecule has 7 nitrogen and oxygen atoms in total. The molecule has 1 aromatic carbocycles. The minimum Gasteiger partial charge on any atom is -0.493 e. The predicted octanol–water partition coefficient (Wildman–Crippen LogP) is 2.23. The molecule has 0 saturated heterocycles. The third-order valence-electron chi connectivity index (χ3n) is 4.47. The molecule has 3 N–H and O–H groups in total. The maximum Gasteiger partial charge on any atom is 0.289 e. The highest BCUT2D eigenvalue weighted by Crippen LogP contribution is 2.33. The molecule has 0 radical (unpaired) electrons. The zero-order valence-corrected chi connectivity index (χ0v) is 13.5. The fourth-order valence-electron chi connectivity index (χ4n) is 3.15. The van der Waals surface area contributed by atoms with Crippen LogP contribution in [0, 0.1) is 0 Å². The second-order valence-electron chi connectivity index (χ2n) is 5.83. The number of amides is 1. The first-order valence-electron chi connectivity index (χ1n) is 7.84. The average molecular weight is 318 g/mol. The standard InChI is InChI=1S/C16H22N4O3/c1-22-13-8-11-12(9-14(13)23-2)18-19-15(11)16(21)20(17)10-6-4-3-5-7-10/h8-10H,3-7,17H2,1-2H3,(H,18,19). The van der Waals surface area contributed by atoms with Crippen LogP contribution in [0.3, 0.4) is 0 Å². The highest BCUT2D eigenvalue weighted by atomic mass is 16.5. The van der Waals surface area contributed by atoms with Gasteiger partial charge < -0.3 is 9.47 Å². The Morgan fingerprint density at radius 2 is 1.87 bits per heavy atom. The number of ether oxygens (including phenoxy) is 2. The Morgan fingerprint density at radius 3 is 2.52 bits per heavy atom. The van der Waals surface area contributed by atoms with Crippen molar-refractivity contribution in [3.8, 4) is 11.5 Å². The van der Waals surface area contributed by atoms with Crippen molar-refractivity contribution < 1.29 is 14.3 Å². The summed E-state index contributed by atoms with van der Waals surface area (Å²) in [5.74, 6) is 6.94. The van der Waals surface area contributed by atoms with Crippen molar-refractivity contribution in [1.82, 2.24) is 15.2 Å². The molecule has 1 aliphatic carbocycles. The van der Waals surface area contributed by atoms with Gasteiger partial charge in [0.15, 0.2) is 17.2 Å². The number of nitrogens with one attached hydrogen (secondary N) is 1. The number of benzene rings is 1. The molecule has 1 aliphatic rings. The van der Waals surface area contributed by atoms with Crippen LogP contribution in [-0.4, -0.2) is 41.4 Å². The molecule has 1 heterocycles. The van der Waals surface area contributed by atoms with Crippen LogP contribution in [0.5, 0.6) is 11.5 Å². The summed E-state index contributed by atoms with van der Waals surface area (Å²) in [5.41, 5.74) is 1.03. The number of nitrogens with zero attached hydrogens (tertiary/aromatic N) is 2. The van der Waals surface area contributed by atoms with Gasteiger partial charge >= 0.3 is 0 Å². The summed E-state index contributed by atoms with van der Waals surface area (Å²) in [6.07, 6.45) is 5.32. The Labute approximate surface area is 134 Å². The molecule has 1 saturated carbocycles. The summed E-state index contributed by atoms with van der Waals surface area (Å²) in [6.45, 7) is 0. The van der Waals surface area contributed by atoms with E-state index >= 15 is 0 Å². The molecule has 0 bridgehead atoms. The second kappa shape index (κ2) is 6.45. The van der Waals surface area contributed by atoms with Crippen LogP contribution in [0.1, 0.15) is 42.6 Å². The van der Waals surface area contributed by atoms with Gasteiger partial charge in [-0.05, 0) is 18.9 Å². The van der Waals surface area contributed by atoms with Crippen molar-refractivity contribution in [2.75, 3.05) is 14.2 Å². The molecule has 0 spiro atoms. The zero-order valence-electron chi connectivity index (χ0n) is 13.5. The smallest absolute Gasteiger partial charge is 0.289 e. The summed E-state index contributed by atoms with van der Waals surface area (Å²) in [4.78, 5) is 12.7. The van der Waals surface area contributed by atoms with Gasteiger partial charge in [-0.15, -0.1) is 0 Å². The van der Waals surface area contributed by atoms with E-state index < -0.39 is 0 Å². The van der Waals surface area contributed by atoms with Gasteiger partial charge in [-0.25, -0.2) is 5.84 Å². The van der Waals surface area contributed by atoms with Gasteiger partial charge in [-0.2, -0.15) is 5.10 Å². The second-order valence-corrected chi connectivity index (χ2v) is 5.83. The Kier molecular flexibility index (Phi) is 4.38. The van der Waals surface area contributed by atoms with Gasteiger partial charge in [0.1, 0.15) is 0 Å². The SMILES string of the molecule is COc1cc2[nH]nc(C(=O)N(N)C3CCCCC3)c2cc1OC. The largest absolute Gasteiger partial charge is 0.493 e. The number of hydrogen-bond donors (Lipinski definition) is 2. The van der Waals surface area contributed by atoms with E-state index in [0.717, 1.165) is 25.7 Å². The molecule has 0 aliphatic heterocycles. The van der Waals surface area contributed by atoms with Crippen molar-refractivity contribution >= 4 is 16.8 Å². The van der Waals surface area contributed by atoms with Gasteiger partial charge in [0, 0.05) is 17.5 Å². The van der Waals surface area contributed by atoms with Crippen LogP contribution in [-0.2, 0) is 0 Å². The van der Waals surface area contributed by atoms with E-state index in [0.29, 0.717) is 28.1 Å². The van der Waals surface area contributed by atoms with Gasteiger partial charge in [0.2, 0.25) is 0 Å². The quantitative estimate of drug-likeness (QED) is 0.512. The first kappa shape index (κ1) is 15.6. The molecule has 1 fully saturated rings. The number of carbonyl (C=O) groups excluding carboxylic acids is 1. The number of aromatic nitrogens is 2. The minimum atomic E-state index is -0.268. The van der Waals surface area contributed by atoms with Crippen molar-refractivity contribution in [1.29, 1.82) is 0 Å². The van der Waals surface area contributed by atoms with Crippen LogP contribution >= 0.6 is 0 Å². The first-order valence-corrected chi connectivity index (χ1v) is 7.84. The molecule has 3 rings (SSSR count). The monoisotopic (exact) mass is 318 g/mol. The molecular formula is C16H22N4O3. The van der Waals surface area contributed by atoms with E-state index in [4.69, 9.17) is 15.3 Å². The molecule has 1 aromatic heterocycles. The Morgan fingerprint density at radius 1 is 1.22 bits per heavy atom. The molecule has 0 unspecified atom stereocenters. The lowest BCUT2D eigenvalue weighted by Crippen LogP contribution is -2.46. The lowest BCUT2D eigenvalue weighted by atomic mass is 9.95. The Hall–Kier alpha value is -2.28. The molecule has 7 heteroatoms. The van der Waals surface area contributed by atoms with Gasteiger partial charge in [0.25, 0.3) is 5.91 Å². The first-order chi connectivity index (χ1) is 11.2. The van der Waals surface area contributed by atoms with Crippen LogP contribution in [0.25, 0.3) is 10.9 Å². The van der Waals surface area contributed by atoms with Crippen molar-refractivity contribution in [3.63, 3.8) is 0 Å². The van der Waals surface area contributed by atoms with E-state index in [1.807, 2.05) is 0 Å². The van der Waals surface area contributed by atoms with E-state index in [1.165, 1.54) is 11.4 Å². The van der Waals surface area contributed by atoms with E-state index in [2.05, 4.69) is 10.2 Å².